The first-order valence-corrected chi connectivity index (χ1v) is 6.70. The summed E-state index contributed by atoms with van der Waals surface area (Å²) in [4.78, 5) is 19.0. The molecule has 110 valence electrons. The molecule has 0 spiro atoms. The molecule has 0 amide bonds. The van der Waals surface area contributed by atoms with Crippen molar-refractivity contribution in [2.45, 2.75) is 20.3 Å². The monoisotopic (exact) mass is 281 g/mol. The molecule has 1 aliphatic rings. The first-order chi connectivity index (χ1) is 9.61. The van der Waals surface area contributed by atoms with Crippen LogP contribution in [0.3, 0.4) is 0 Å². The molecule has 1 aromatic rings. The van der Waals surface area contributed by atoms with Crippen LogP contribution in [-0.4, -0.2) is 41.2 Å². The molecule has 0 aromatic carbocycles. The Bertz CT molecular complexity index is 488. The van der Waals surface area contributed by atoms with E-state index in [1.165, 1.54) is 0 Å². The minimum atomic E-state index is -0.446. The normalized spacial score (nSPS) is 18.0. The Labute approximate surface area is 117 Å². The van der Waals surface area contributed by atoms with Gasteiger partial charge >= 0.3 is 5.69 Å². The maximum atomic E-state index is 11.1. The van der Waals surface area contributed by atoms with Gasteiger partial charge in [-0.05, 0) is 20.3 Å². The van der Waals surface area contributed by atoms with E-state index in [1.807, 2.05) is 6.92 Å². The van der Waals surface area contributed by atoms with Crippen molar-refractivity contribution in [2.24, 2.45) is 5.92 Å². The second kappa shape index (κ2) is 6.47. The molecule has 1 unspecified atom stereocenters. The van der Waals surface area contributed by atoms with Gasteiger partial charge in [0.1, 0.15) is 5.69 Å². The molecule has 1 atom stereocenters. The number of nitro groups is 1. The molecular weight excluding hydrogens is 262 g/mol. The van der Waals surface area contributed by atoms with E-state index in [0.717, 1.165) is 13.0 Å². The van der Waals surface area contributed by atoms with E-state index < -0.39 is 4.92 Å². The van der Waals surface area contributed by atoms with Crippen LogP contribution >= 0.6 is 0 Å². The fraction of sp³-hybridized carbons (Fsp3) is 0.667. The summed E-state index contributed by atoms with van der Waals surface area (Å²) in [6.07, 6.45) is 0.963. The first kappa shape index (κ1) is 14.4. The van der Waals surface area contributed by atoms with Crippen molar-refractivity contribution in [1.82, 2.24) is 9.97 Å². The van der Waals surface area contributed by atoms with Crippen molar-refractivity contribution in [3.05, 3.63) is 15.8 Å². The minimum Gasteiger partial charge on any atom is -0.381 e. The average Bonchev–Trinajstić information content (AvgIpc) is 2.88. The zero-order valence-electron chi connectivity index (χ0n) is 11.7. The highest BCUT2D eigenvalue weighted by atomic mass is 16.6. The molecule has 0 radical (unpaired) electrons. The molecule has 0 bridgehead atoms. The predicted molar refractivity (Wildman–Crippen MR) is 75.0 cm³/mol. The predicted octanol–water partition coefficient (Wildman–Crippen LogP) is 1.57. The number of ether oxygens (including phenoxy) is 1. The van der Waals surface area contributed by atoms with Crippen molar-refractivity contribution >= 4 is 17.5 Å². The van der Waals surface area contributed by atoms with Crippen LogP contribution in [0.25, 0.3) is 0 Å². The zero-order valence-corrected chi connectivity index (χ0v) is 11.7. The maximum absolute atomic E-state index is 11.1. The Morgan fingerprint density at radius 1 is 1.45 bits per heavy atom. The lowest BCUT2D eigenvalue weighted by molar-refractivity contribution is -0.385. The fourth-order valence-electron chi connectivity index (χ4n) is 2.13. The van der Waals surface area contributed by atoms with Gasteiger partial charge in [-0.3, -0.25) is 10.1 Å². The van der Waals surface area contributed by atoms with Gasteiger partial charge in [0.05, 0.1) is 11.5 Å². The number of hydrogen-bond donors (Lipinski definition) is 2. The highest BCUT2D eigenvalue weighted by molar-refractivity contribution is 5.60. The smallest absolute Gasteiger partial charge is 0.332 e. The van der Waals surface area contributed by atoms with Crippen molar-refractivity contribution in [1.29, 1.82) is 0 Å². The van der Waals surface area contributed by atoms with Crippen LogP contribution in [0.15, 0.2) is 0 Å². The number of anilines is 2. The fourth-order valence-corrected chi connectivity index (χ4v) is 2.13. The topological polar surface area (TPSA) is 102 Å². The van der Waals surface area contributed by atoms with Gasteiger partial charge in [-0.25, -0.2) is 4.98 Å². The summed E-state index contributed by atoms with van der Waals surface area (Å²) in [5.41, 5.74) is 0.289. The SMILES string of the molecule is CCNc1nc(C)c([N+](=O)[O-])c(NCC2CCOC2)n1. The number of nitrogens with zero attached hydrogens (tertiary/aromatic N) is 3. The third-order valence-corrected chi connectivity index (χ3v) is 3.16. The van der Waals surface area contributed by atoms with Gasteiger partial charge in [-0.1, -0.05) is 0 Å². The van der Waals surface area contributed by atoms with E-state index in [0.29, 0.717) is 37.3 Å². The lowest BCUT2D eigenvalue weighted by Gasteiger charge is -2.12. The molecule has 0 aliphatic carbocycles. The molecule has 0 saturated carbocycles. The molecule has 2 N–H and O–H groups in total. The zero-order chi connectivity index (χ0) is 14.5. The van der Waals surface area contributed by atoms with Gasteiger partial charge in [0.15, 0.2) is 0 Å². The standard InChI is InChI=1S/C12H19N5O3/c1-3-13-12-15-8(2)10(17(18)19)11(16-12)14-6-9-4-5-20-7-9/h9H,3-7H2,1-2H3,(H2,13,14,15,16). The van der Waals surface area contributed by atoms with Gasteiger partial charge < -0.3 is 15.4 Å². The molecule has 1 aliphatic heterocycles. The third-order valence-electron chi connectivity index (χ3n) is 3.16. The molecule has 1 fully saturated rings. The van der Waals surface area contributed by atoms with E-state index in [1.54, 1.807) is 6.92 Å². The van der Waals surface area contributed by atoms with Gasteiger partial charge in [0.2, 0.25) is 11.8 Å². The van der Waals surface area contributed by atoms with E-state index in [9.17, 15) is 10.1 Å². The largest absolute Gasteiger partial charge is 0.381 e. The highest BCUT2D eigenvalue weighted by Crippen LogP contribution is 2.27. The molecule has 1 aromatic heterocycles. The summed E-state index contributed by atoms with van der Waals surface area (Å²) in [7, 11) is 0. The summed E-state index contributed by atoms with van der Waals surface area (Å²) in [6.45, 7) is 6.24. The number of aryl methyl sites for hydroxylation is 1. The average molecular weight is 281 g/mol. The van der Waals surface area contributed by atoms with Crippen LogP contribution in [0, 0.1) is 23.0 Å². The number of hydrogen-bond acceptors (Lipinski definition) is 7. The maximum Gasteiger partial charge on any atom is 0.332 e. The molecule has 2 heterocycles. The third kappa shape index (κ3) is 3.32. The Kier molecular flexibility index (Phi) is 4.67. The summed E-state index contributed by atoms with van der Waals surface area (Å²) in [5, 5.41) is 17.2. The van der Waals surface area contributed by atoms with Crippen molar-refractivity contribution < 1.29 is 9.66 Å². The summed E-state index contributed by atoms with van der Waals surface area (Å²) >= 11 is 0. The second-order valence-electron chi connectivity index (χ2n) is 4.73. The number of aromatic nitrogens is 2. The van der Waals surface area contributed by atoms with Crippen LogP contribution in [0.2, 0.25) is 0 Å². The van der Waals surface area contributed by atoms with Crippen LogP contribution in [0.1, 0.15) is 19.0 Å². The number of rotatable bonds is 6. The molecule has 2 rings (SSSR count). The van der Waals surface area contributed by atoms with Crippen molar-refractivity contribution in [3.8, 4) is 0 Å². The van der Waals surface area contributed by atoms with Gasteiger partial charge in [0.25, 0.3) is 0 Å². The van der Waals surface area contributed by atoms with Crippen LogP contribution < -0.4 is 10.6 Å². The lowest BCUT2D eigenvalue weighted by atomic mass is 10.1. The Balaban J connectivity index is 2.19. The summed E-state index contributed by atoms with van der Waals surface area (Å²) in [6, 6.07) is 0. The molecule has 1 saturated heterocycles. The molecule has 20 heavy (non-hydrogen) atoms. The summed E-state index contributed by atoms with van der Waals surface area (Å²) < 4.78 is 5.29. The Hall–Kier alpha value is -1.96. The summed E-state index contributed by atoms with van der Waals surface area (Å²) in [5.74, 6) is 1.04. The van der Waals surface area contributed by atoms with Gasteiger partial charge in [0, 0.05) is 25.6 Å². The Morgan fingerprint density at radius 3 is 2.85 bits per heavy atom. The van der Waals surface area contributed by atoms with Gasteiger partial charge in [-0.15, -0.1) is 0 Å². The van der Waals surface area contributed by atoms with Crippen LogP contribution in [0.4, 0.5) is 17.5 Å². The molecule has 8 nitrogen and oxygen atoms in total. The van der Waals surface area contributed by atoms with E-state index in [-0.39, 0.29) is 11.5 Å². The van der Waals surface area contributed by atoms with E-state index >= 15 is 0 Å². The number of nitrogens with one attached hydrogen (secondary N) is 2. The van der Waals surface area contributed by atoms with Crippen molar-refractivity contribution in [3.63, 3.8) is 0 Å². The molecule has 8 heteroatoms. The highest BCUT2D eigenvalue weighted by Gasteiger charge is 2.23. The Morgan fingerprint density at radius 2 is 2.25 bits per heavy atom. The second-order valence-corrected chi connectivity index (χ2v) is 4.73. The molecular formula is C12H19N5O3. The lowest BCUT2D eigenvalue weighted by Crippen LogP contribution is -2.17. The minimum absolute atomic E-state index is 0.0643. The van der Waals surface area contributed by atoms with Crippen molar-refractivity contribution in [2.75, 3.05) is 36.9 Å². The van der Waals surface area contributed by atoms with Crippen LogP contribution in [-0.2, 0) is 4.74 Å². The van der Waals surface area contributed by atoms with Crippen LogP contribution in [0.5, 0.6) is 0 Å². The van der Waals surface area contributed by atoms with E-state index in [2.05, 4.69) is 20.6 Å². The quantitative estimate of drug-likeness (QED) is 0.602. The van der Waals surface area contributed by atoms with Gasteiger partial charge in [-0.2, -0.15) is 4.98 Å². The van der Waals surface area contributed by atoms with E-state index in [4.69, 9.17) is 4.74 Å². The first-order valence-electron chi connectivity index (χ1n) is 6.70.